The van der Waals surface area contributed by atoms with Gasteiger partial charge in [0.2, 0.25) is 0 Å². The van der Waals surface area contributed by atoms with Crippen molar-refractivity contribution in [3.05, 3.63) is 82.7 Å². The molecule has 0 bridgehead atoms. The molecule has 1 heterocycles. The molecule has 212 valence electrons. The minimum atomic E-state index is -0.418. The first-order chi connectivity index (χ1) is 19.3. The summed E-state index contributed by atoms with van der Waals surface area (Å²) >= 11 is 0. The van der Waals surface area contributed by atoms with E-state index in [-0.39, 0.29) is 29.8 Å². The summed E-state index contributed by atoms with van der Waals surface area (Å²) < 4.78 is 39.8. The van der Waals surface area contributed by atoms with E-state index in [2.05, 4.69) is 13.8 Å². The van der Waals surface area contributed by atoms with Crippen molar-refractivity contribution in [2.24, 2.45) is 5.41 Å². The zero-order valence-corrected chi connectivity index (χ0v) is 23.9. The van der Waals surface area contributed by atoms with Gasteiger partial charge in [0.25, 0.3) is 0 Å². The van der Waals surface area contributed by atoms with Gasteiger partial charge in [-0.15, -0.1) is 0 Å². The molecule has 0 aromatic heterocycles. The van der Waals surface area contributed by atoms with Gasteiger partial charge in [0, 0.05) is 29.7 Å². The van der Waals surface area contributed by atoms with Gasteiger partial charge in [-0.1, -0.05) is 56.3 Å². The van der Waals surface area contributed by atoms with E-state index < -0.39 is 5.82 Å². The van der Waals surface area contributed by atoms with Gasteiger partial charge in [0.05, 0.1) is 20.3 Å². The summed E-state index contributed by atoms with van der Waals surface area (Å²) in [5, 5.41) is 0. The van der Waals surface area contributed by atoms with Crippen LogP contribution in [0.3, 0.4) is 0 Å². The largest absolute Gasteiger partial charge is 0.493 e. The van der Waals surface area contributed by atoms with Crippen molar-refractivity contribution in [1.29, 1.82) is 0 Å². The first-order valence-electron chi connectivity index (χ1n) is 14.2. The summed E-state index contributed by atoms with van der Waals surface area (Å²) in [7, 11) is 2.91. The molecule has 3 aromatic carbocycles. The number of aryl methyl sites for hydroxylation is 1. The first kappa shape index (κ1) is 28.2. The number of hydrogen-bond acceptors (Lipinski definition) is 5. The van der Waals surface area contributed by atoms with E-state index in [1.54, 1.807) is 0 Å². The Morgan fingerprint density at radius 2 is 1.85 bits per heavy atom. The van der Waals surface area contributed by atoms with Crippen molar-refractivity contribution in [1.82, 2.24) is 0 Å². The number of rotatable bonds is 10. The molecule has 40 heavy (non-hydrogen) atoms. The third kappa shape index (κ3) is 5.87. The molecule has 2 fully saturated rings. The molecule has 1 aliphatic heterocycles. The van der Waals surface area contributed by atoms with Crippen LogP contribution >= 0.6 is 0 Å². The number of methoxy groups -OCH3 is 2. The average Bonchev–Trinajstić information content (AvgIpc) is 3.80. The van der Waals surface area contributed by atoms with Crippen molar-refractivity contribution in [2.75, 3.05) is 20.8 Å². The van der Waals surface area contributed by atoms with E-state index in [1.165, 1.54) is 14.2 Å². The number of benzene rings is 3. The Balaban J connectivity index is 1.55. The predicted octanol–water partition coefficient (Wildman–Crippen LogP) is 7.94. The summed E-state index contributed by atoms with van der Waals surface area (Å²) in [6.07, 6.45) is 4.73. The van der Waals surface area contributed by atoms with Crippen molar-refractivity contribution in [2.45, 2.75) is 71.0 Å². The van der Waals surface area contributed by atoms with E-state index in [1.807, 2.05) is 54.6 Å². The summed E-state index contributed by atoms with van der Waals surface area (Å²) in [5.41, 5.74) is 4.88. The quantitative estimate of drug-likeness (QED) is 0.242. The predicted molar refractivity (Wildman–Crippen MR) is 153 cm³/mol. The van der Waals surface area contributed by atoms with Crippen LogP contribution in [0.2, 0.25) is 0 Å². The van der Waals surface area contributed by atoms with Crippen molar-refractivity contribution in [3.8, 4) is 22.6 Å². The van der Waals surface area contributed by atoms with Crippen molar-refractivity contribution >= 4 is 5.97 Å². The Kier molecular flexibility index (Phi) is 8.46. The van der Waals surface area contributed by atoms with E-state index >= 15 is 4.39 Å². The topological polar surface area (TPSA) is 54.0 Å². The van der Waals surface area contributed by atoms with Gasteiger partial charge in [0.1, 0.15) is 12.4 Å². The second kappa shape index (κ2) is 12.0. The van der Waals surface area contributed by atoms with Crippen molar-refractivity contribution in [3.63, 3.8) is 0 Å². The number of carbonyl (C=O) groups excluding carboxylic acids is 1. The summed E-state index contributed by atoms with van der Waals surface area (Å²) in [6.45, 7) is 5.04. The number of esters is 1. The highest BCUT2D eigenvalue weighted by molar-refractivity contribution is 5.73. The van der Waals surface area contributed by atoms with Gasteiger partial charge in [-0.2, -0.15) is 0 Å². The Hall–Kier alpha value is -3.38. The SMILES string of the molecule is COC(=O)CCc1cccc(OCc2c([C@H]3OCCCC3(C)C)cc(-c3ccccc3)c(OC)c2F)c1C1CC1. The normalized spacial score (nSPS) is 18.3. The molecule has 0 spiro atoms. The van der Waals surface area contributed by atoms with Crippen LogP contribution in [0, 0.1) is 11.2 Å². The summed E-state index contributed by atoms with van der Waals surface area (Å²) in [6, 6.07) is 17.7. The van der Waals surface area contributed by atoms with Crippen LogP contribution < -0.4 is 9.47 Å². The lowest BCUT2D eigenvalue weighted by Gasteiger charge is -2.40. The molecule has 1 aliphatic carbocycles. The molecule has 5 nitrogen and oxygen atoms in total. The van der Waals surface area contributed by atoms with Gasteiger partial charge in [0.15, 0.2) is 11.6 Å². The van der Waals surface area contributed by atoms with E-state index in [0.29, 0.717) is 36.5 Å². The highest BCUT2D eigenvalue weighted by atomic mass is 19.1. The van der Waals surface area contributed by atoms with Crippen LogP contribution in [0.5, 0.6) is 11.5 Å². The summed E-state index contributed by atoms with van der Waals surface area (Å²) in [4.78, 5) is 11.8. The van der Waals surface area contributed by atoms with Crippen LogP contribution in [-0.2, 0) is 27.3 Å². The van der Waals surface area contributed by atoms with E-state index in [4.69, 9.17) is 18.9 Å². The zero-order chi connectivity index (χ0) is 28.3. The number of carbonyl (C=O) groups is 1. The highest BCUT2D eigenvalue weighted by Gasteiger charge is 2.38. The van der Waals surface area contributed by atoms with E-state index in [0.717, 1.165) is 53.7 Å². The third-order valence-corrected chi connectivity index (χ3v) is 8.23. The van der Waals surface area contributed by atoms with Crippen LogP contribution in [0.4, 0.5) is 4.39 Å². The minimum Gasteiger partial charge on any atom is -0.493 e. The highest BCUT2D eigenvalue weighted by Crippen LogP contribution is 2.49. The molecule has 5 rings (SSSR count). The minimum absolute atomic E-state index is 0.0444. The monoisotopic (exact) mass is 546 g/mol. The fourth-order valence-corrected chi connectivity index (χ4v) is 5.96. The lowest BCUT2D eigenvalue weighted by atomic mass is 9.75. The lowest BCUT2D eigenvalue weighted by molar-refractivity contribution is -0.140. The maximum absolute atomic E-state index is 16.5. The fourth-order valence-electron chi connectivity index (χ4n) is 5.96. The van der Waals surface area contributed by atoms with Crippen molar-refractivity contribution < 1.29 is 28.1 Å². The molecular formula is C34H39FO5. The second-order valence-corrected chi connectivity index (χ2v) is 11.5. The van der Waals surface area contributed by atoms with Crippen LogP contribution in [0.25, 0.3) is 11.1 Å². The van der Waals surface area contributed by atoms with Gasteiger partial charge in [-0.25, -0.2) is 4.39 Å². The Bertz CT molecular complexity index is 1350. The molecule has 3 aromatic rings. The Labute approximate surface area is 236 Å². The fraction of sp³-hybridized carbons (Fsp3) is 0.441. The smallest absolute Gasteiger partial charge is 0.305 e. The average molecular weight is 547 g/mol. The maximum atomic E-state index is 16.5. The summed E-state index contributed by atoms with van der Waals surface area (Å²) in [5.74, 6) is 0.685. The molecule has 0 N–H and O–H groups in total. The third-order valence-electron chi connectivity index (χ3n) is 8.23. The molecule has 0 amide bonds. The molecular weight excluding hydrogens is 507 g/mol. The lowest BCUT2D eigenvalue weighted by Crippen LogP contribution is -2.31. The number of hydrogen-bond donors (Lipinski definition) is 0. The number of halogens is 1. The maximum Gasteiger partial charge on any atom is 0.305 e. The van der Waals surface area contributed by atoms with Gasteiger partial charge in [-0.3, -0.25) is 4.79 Å². The molecule has 0 radical (unpaired) electrons. The zero-order valence-electron chi connectivity index (χ0n) is 23.9. The standard InChI is InChI=1S/C34H39FO5/c1-34(2)18-9-19-39-33(34)26-20-25(22-10-6-5-7-11-22)32(38-4)31(35)27(26)21-40-28-13-8-12-23(16-17-29(36)37-3)30(28)24-14-15-24/h5-8,10-13,20,24,33H,9,14-19,21H2,1-4H3/t33-/m1/s1. The van der Waals surface area contributed by atoms with Crippen LogP contribution in [0.1, 0.15) is 80.2 Å². The van der Waals surface area contributed by atoms with Crippen LogP contribution in [-0.4, -0.2) is 26.8 Å². The molecule has 6 heteroatoms. The van der Waals surface area contributed by atoms with Crippen LogP contribution in [0.15, 0.2) is 54.6 Å². The van der Waals surface area contributed by atoms with Gasteiger partial charge >= 0.3 is 5.97 Å². The van der Waals surface area contributed by atoms with Gasteiger partial charge in [-0.05, 0) is 72.3 Å². The van der Waals surface area contributed by atoms with E-state index in [9.17, 15) is 4.79 Å². The molecule has 2 aliphatic rings. The second-order valence-electron chi connectivity index (χ2n) is 11.5. The Morgan fingerprint density at radius 3 is 2.52 bits per heavy atom. The van der Waals surface area contributed by atoms with Gasteiger partial charge < -0.3 is 18.9 Å². The number of ether oxygens (including phenoxy) is 4. The molecule has 1 saturated heterocycles. The molecule has 0 unspecified atom stereocenters. The molecule has 1 saturated carbocycles. The first-order valence-corrected chi connectivity index (χ1v) is 14.2. The Morgan fingerprint density at radius 1 is 1.07 bits per heavy atom. The molecule has 1 atom stereocenters.